The Labute approximate surface area is 218 Å². The second kappa shape index (κ2) is 15.2. The van der Waals surface area contributed by atoms with E-state index in [-0.39, 0.29) is 0 Å². The first-order chi connectivity index (χ1) is 17.7. The molecule has 0 aromatic heterocycles. The maximum atomic E-state index is 11.1. The van der Waals surface area contributed by atoms with Gasteiger partial charge in [-0.25, -0.2) is 0 Å². The van der Waals surface area contributed by atoms with Crippen molar-refractivity contribution < 1.29 is 9.84 Å². The molecule has 3 aromatic rings. The molecule has 36 heavy (non-hydrogen) atoms. The van der Waals surface area contributed by atoms with Crippen molar-refractivity contribution in [2.75, 3.05) is 0 Å². The average molecular weight is 483 g/mol. The van der Waals surface area contributed by atoms with E-state index >= 15 is 0 Å². The highest BCUT2D eigenvalue weighted by atomic mass is 16.5. The number of ether oxygens (including phenoxy) is 1. The van der Waals surface area contributed by atoms with Gasteiger partial charge in [-0.1, -0.05) is 155 Å². The molecule has 0 bridgehead atoms. The normalized spacial score (nSPS) is 13.5. The predicted octanol–water partition coefficient (Wildman–Crippen LogP) is 8.61. The summed E-state index contributed by atoms with van der Waals surface area (Å²) >= 11 is 0. The van der Waals surface area contributed by atoms with Crippen molar-refractivity contribution >= 4 is 0 Å². The first kappa shape index (κ1) is 27.6. The summed E-state index contributed by atoms with van der Waals surface area (Å²) in [4.78, 5) is 0. The minimum Gasteiger partial charge on any atom is -0.386 e. The molecular weight excluding hydrogens is 440 g/mol. The van der Waals surface area contributed by atoms with Crippen LogP contribution in [0.1, 0.15) is 75.0 Å². The molecule has 0 amide bonds. The van der Waals surface area contributed by atoms with Crippen LogP contribution in [0.15, 0.2) is 116 Å². The zero-order valence-corrected chi connectivity index (χ0v) is 21.8. The van der Waals surface area contributed by atoms with Crippen molar-refractivity contribution in [3.8, 4) is 0 Å². The first-order valence-corrected chi connectivity index (χ1v) is 13.5. The summed E-state index contributed by atoms with van der Waals surface area (Å²) < 4.78 is 6.92. The number of aliphatic hydroxyl groups is 1. The van der Waals surface area contributed by atoms with Crippen LogP contribution in [-0.4, -0.2) is 17.3 Å². The van der Waals surface area contributed by atoms with Crippen molar-refractivity contribution in [2.45, 2.75) is 76.1 Å². The van der Waals surface area contributed by atoms with E-state index in [0.717, 1.165) is 29.5 Å². The van der Waals surface area contributed by atoms with E-state index in [1.165, 1.54) is 38.5 Å². The Kier molecular flexibility index (Phi) is 11.7. The molecule has 0 unspecified atom stereocenters. The highest BCUT2D eigenvalue weighted by Crippen LogP contribution is 2.41. The van der Waals surface area contributed by atoms with E-state index in [0.29, 0.717) is 0 Å². The van der Waals surface area contributed by atoms with Crippen molar-refractivity contribution in [3.05, 3.63) is 132 Å². The fraction of sp³-hybridized carbons (Fsp3) is 0.353. The molecule has 0 heterocycles. The Hall–Kier alpha value is -2.94. The molecule has 3 rings (SSSR count). The van der Waals surface area contributed by atoms with Gasteiger partial charge in [-0.15, -0.1) is 6.58 Å². The number of hydrogen-bond acceptors (Lipinski definition) is 2. The first-order valence-electron chi connectivity index (χ1n) is 13.5. The highest BCUT2D eigenvalue weighted by molar-refractivity contribution is 5.47. The zero-order valence-electron chi connectivity index (χ0n) is 21.8. The maximum Gasteiger partial charge on any atom is 0.144 e. The number of unbranched alkanes of at least 4 members (excludes halogenated alkanes) is 7. The van der Waals surface area contributed by atoms with Gasteiger partial charge < -0.3 is 9.84 Å². The molecule has 0 aliphatic heterocycles. The van der Waals surface area contributed by atoms with Crippen LogP contribution in [0.25, 0.3) is 0 Å². The standard InChI is InChI=1S/C34H42O2/c1-3-5-6-7-8-9-10-11-21-28-32(35)33(4-2)36-34(29-22-15-12-16-23-29,30-24-17-13-18-25-30)31-26-19-14-20-27-31/h4,12-28,32-33,35H,2-3,5-11H2,1H3/b28-21+/t32-,33-/m1/s1. The average Bonchev–Trinajstić information content (AvgIpc) is 2.94. The molecule has 3 aromatic carbocycles. The topological polar surface area (TPSA) is 29.5 Å². The molecule has 2 heteroatoms. The second-order valence-corrected chi connectivity index (χ2v) is 9.43. The lowest BCUT2D eigenvalue weighted by molar-refractivity contribution is -0.0656. The van der Waals surface area contributed by atoms with Crippen LogP contribution in [0.5, 0.6) is 0 Å². The van der Waals surface area contributed by atoms with Gasteiger partial charge in [0, 0.05) is 0 Å². The molecule has 0 saturated heterocycles. The van der Waals surface area contributed by atoms with Gasteiger partial charge in [0.25, 0.3) is 0 Å². The summed E-state index contributed by atoms with van der Waals surface area (Å²) in [6.07, 6.45) is 14.2. The Morgan fingerprint density at radius 3 is 1.61 bits per heavy atom. The molecule has 2 nitrogen and oxygen atoms in total. The molecule has 0 saturated carbocycles. The number of allylic oxidation sites excluding steroid dienone is 1. The minimum atomic E-state index is -0.893. The van der Waals surface area contributed by atoms with Crippen LogP contribution in [0.4, 0.5) is 0 Å². The summed E-state index contributed by atoms with van der Waals surface area (Å²) in [6, 6.07) is 30.7. The maximum absolute atomic E-state index is 11.1. The third-order valence-corrected chi connectivity index (χ3v) is 6.73. The lowest BCUT2D eigenvalue weighted by Crippen LogP contribution is -2.40. The minimum absolute atomic E-state index is 0.587. The molecule has 0 aliphatic rings. The Morgan fingerprint density at radius 1 is 0.722 bits per heavy atom. The van der Waals surface area contributed by atoms with Crippen molar-refractivity contribution in [2.24, 2.45) is 0 Å². The van der Waals surface area contributed by atoms with Crippen LogP contribution < -0.4 is 0 Å². The lowest BCUT2D eigenvalue weighted by atomic mass is 9.79. The van der Waals surface area contributed by atoms with Gasteiger partial charge in [0.1, 0.15) is 17.8 Å². The lowest BCUT2D eigenvalue weighted by Gasteiger charge is -2.39. The summed E-state index contributed by atoms with van der Waals surface area (Å²) in [5.74, 6) is 0. The van der Waals surface area contributed by atoms with Crippen LogP contribution in [0, 0.1) is 0 Å². The van der Waals surface area contributed by atoms with Gasteiger partial charge >= 0.3 is 0 Å². The smallest absolute Gasteiger partial charge is 0.144 e. The number of aliphatic hydroxyl groups excluding tert-OH is 1. The van der Waals surface area contributed by atoms with E-state index in [1.807, 2.05) is 60.7 Å². The molecule has 0 fully saturated rings. The predicted molar refractivity (Wildman–Crippen MR) is 152 cm³/mol. The third-order valence-electron chi connectivity index (χ3n) is 6.73. The van der Waals surface area contributed by atoms with Gasteiger partial charge in [-0.05, 0) is 29.5 Å². The van der Waals surface area contributed by atoms with Crippen molar-refractivity contribution in [3.63, 3.8) is 0 Å². The third kappa shape index (κ3) is 7.53. The molecule has 190 valence electrons. The Morgan fingerprint density at radius 2 is 1.17 bits per heavy atom. The summed E-state index contributed by atoms with van der Waals surface area (Å²) in [5, 5.41) is 11.1. The molecule has 1 N–H and O–H groups in total. The summed E-state index contributed by atoms with van der Waals surface area (Å²) in [6.45, 7) is 6.27. The van der Waals surface area contributed by atoms with E-state index in [1.54, 1.807) is 6.08 Å². The Bertz CT molecular complexity index is 914. The van der Waals surface area contributed by atoms with Gasteiger partial charge in [0.15, 0.2) is 0 Å². The fourth-order valence-electron chi connectivity index (χ4n) is 4.75. The van der Waals surface area contributed by atoms with Crippen LogP contribution in [0.2, 0.25) is 0 Å². The summed E-state index contributed by atoms with van der Waals surface area (Å²) in [7, 11) is 0. The van der Waals surface area contributed by atoms with Crippen molar-refractivity contribution in [1.82, 2.24) is 0 Å². The van der Waals surface area contributed by atoms with Crippen LogP contribution in [0.3, 0.4) is 0 Å². The van der Waals surface area contributed by atoms with Crippen molar-refractivity contribution in [1.29, 1.82) is 0 Å². The second-order valence-electron chi connectivity index (χ2n) is 9.43. The largest absolute Gasteiger partial charge is 0.386 e. The Balaban J connectivity index is 1.81. The van der Waals surface area contributed by atoms with E-state index in [9.17, 15) is 5.11 Å². The number of benzene rings is 3. The van der Waals surface area contributed by atoms with Crippen LogP contribution in [-0.2, 0) is 10.3 Å². The van der Waals surface area contributed by atoms with Gasteiger partial charge in [-0.3, -0.25) is 0 Å². The fourth-order valence-corrected chi connectivity index (χ4v) is 4.75. The zero-order chi connectivity index (χ0) is 25.5. The molecule has 0 spiro atoms. The number of rotatable bonds is 16. The van der Waals surface area contributed by atoms with Gasteiger partial charge in [0.05, 0.1) is 0 Å². The quantitative estimate of drug-likeness (QED) is 0.126. The SMILES string of the molecule is C=C[C@@H](OC(c1ccccc1)(c1ccccc1)c1ccccc1)[C@H](O)/C=C/CCCCCCCCC. The summed E-state index contributed by atoms with van der Waals surface area (Å²) in [5.41, 5.74) is 2.13. The molecule has 2 atom stereocenters. The molecule has 0 radical (unpaired) electrons. The van der Waals surface area contributed by atoms with E-state index < -0.39 is 17.8 Å². The number of hydrogen-bond donors (Lipinski definition) is 1. The van der Waals surface area contributed by atoms with E-state index in [2.05, 4.69) is 56.0 Å². The highest BCUT2D eigenvalue weighted by Gasteiger charge is 2.40. The monoisotopic (exact) mass is 482 g/mol. The van der Waals surface area contributed by atoms with Crippen LogP contribution >= 0.6 is 0 Å². The van der Waals surface area contributed by atoms with Gasteiger partial charge in [0.2, 0.25) is 0 Å². The van der Waals surface area contributed by atoms with E-state index in [4.69, 9.17) is 4.74 Å². The molecule has 0 aliphatic carbocycles. The van der Waals surface area contributed by atoms with Gasteiger partial charge in [-0.2, -0.15) is 0 Å². The molecular formula is C34H42O2.